The van der Waals surface area contributed by atoms with E-state index in [1.807, 2.05) is 12.1 Å². The Balaban J connectivity index is 2.31. The predicted molar refractivity (Wildman–Crippen MR) is 71.0 cm³/mol. The van der Waals surface area contributed by atoms with Gasteiger partial charge in [-0.3, -0.25) is 0 Å². The Hall–Kier alpha value is -0.940. The molecule has 1 aromatic heterocycles. The van der Waals surface area contributed by atoms with Gasteiger partial charge in [-0.2, -0.15) is 0 Å². The number of rotatable bonds is 3. The summed E-state index contributed by atoms with van der Waals surface area (Å²) in [4.78, 5) is 4.14. The average molecular weight is 361 g/mol. The fourth-order valence-corrected chi connectivity index (χ4v) is 2.14. The maximum atomic E-state index is 12.9. The van der Waals surface area contributed by atoms with E-state index < -0.39 is 0 Å². The fraction of sp³-hybridized carbons (Fsp3) is 0.0833. The highest BCUT2D eigenvalue weighted by Gasteiger charge is 2.08. The molecule has 0 unspecified atom stereocenters. The second-order valence-electron chi connectivity index (χ2n) is 3.28. The molecule has 1 aromatic carbocycles. The third kappa shape index (κ3) is 3.04. The van der Waals surface area contributed by atoms with Crippen molar-refractivity contribution in [1.82, 2.24) is 4.98 Å². The Morgan fingerprint density at radius 1 is 1.29 bits per heavy atom. The van der Waals surface area contributed by atoms with Crippen LogP contribution in [0.5, 0.6) is 11.6 Å². The van der Waals surface area contributed by atoms with Crippen LogP contribution in [0.2, 0.25) is 0 Å². The zero-order valence-corrected chi connectivity index (χ0v) is 11.8. The third-order valence-corrected chi connectivity index (χ3v) is 3.32. The molecule has 1 heterocycles. The van der Waals surface area contributed by atoms with Gasteiger partial charge in [0.15, 0.2) is 0 Å². The summed E-state index contributed by atoms with van der Waals surface area (Å²) in [5.74, 6) is 0.731. The van der Waals surface area contributed by atoms with Crippen LogP contribution < -0.4 is 4.74 Å². The zero-order chi connectivity index (χ0) is 12.3. The number of ether oxygens (including phenoxy) is 1. The van der Waals surface area contributed by atoms with Crippen molar-refractivity contribution in [3.63, 3.8) is 0 Å². The second-order valence-corrected chi connectivity index (χ2v) is 4.69. The van der Waals surface area contributed by atoms with Gasteiger partial charge in [0, 0.05) is 17.1 Å². The summed E-state index contributed by atoms with van der Waals surface area (Å²) < 4.78 is 19.1. The van der Waals surface area contributed by atoms with Gasteiger partial charge in [-0.1, -0.05) is 22.0 Å². The lowest BCUT2D eigenvalue weighted by atomic mass is 10.3. The van der Waals surface area contributed by atoms with Crippen LogP contribution in [0.15, 0.2) is 41.0 Å². The summed E-state index contributed by atoms with van der Waals surface area (Å²) in [6.45, 7) is 0. The minimum Gasteiger partial charge on any atom is -0.438 e. The number of hydrogen-bond donors (Lipinski definition) is 0. The van der Waals surface area contributed by atoms with E-state index in [1.54, 1.807) is 12.3 Å². The van der Waals surface area contributed by atoms with Crippen LogP contribution in [0.4, 0.5) is 4.39 Å². The van der Waals surface area contributed by atoms with Gasteiger partial charge >= 0.3 is 0 Å². The number of halogens is 3. The summed E-state index contributed by atoms with van der Waals surface area (Å²) in [6.07, 6.45) is 1.65. The van der Waals surface area contributed by atoms with E-state index in [4.69, 9.17) is 4.74 Å². The molecule has 5 heteroatoms. The van der Waals surface area contributed by atoms with E-state index in [9.17, 15) is 4.39 Å². The van der Waals surface area contributed by atoms with Gasteiger partial charge < -0.3 is 4.74 Å². The molecule has 0 N–H and O–H groups in total. The molecule has 0 saturated carbocycles. The molecule has 0 aliphatic heterocycles. The van der Waals surface area contributed by atoms with Gasteiger partial charge in [0.05, 0.1) is 4.47 Å². The highest BCUT2D eigenvalue weighted by molar-refractivity contribution is 9.10. The standard InChI is InChI=1S/C12H8Br2FNO/c13-7-8-2-1-5-16-12(8)17-11-4-3-9(15)6-10(11)14/h1-6H,7H2. The minimum absolute atomic E-state index is 0.314. The van der Waals surface area contributed by atoms with Crippen LogP contribution in [-0.4, -0.2) is 4.98 Å². The highest BCUT2D eigenvalue weighted by atomic mass is 79.9. The largest absolute Gasteiger partial charge is 0.438 e. The van der Waals surface area contributed by atoms with Crippen LogP contribution in [-0.2, 0) is 5.33 Å². The maximum absolute atomic E-state index is 12.9. The van der Waals surface area contributed by atoms with E-state index >= 15 is 0 Å². The topological polar surface area (TPSA) is 22.1 Å². The predicted octanol–water partition coefficient (Wildman–Crippen LogP) is 4.67. The van der Waals surface area contributed by atoms with E-state index in [-0.39, 0.29) is 5.82 Å². The molecule has 0 spiro atoms. The van der Waals surface area contributed by atoms with Crippen LogP contribution in [0.1, 0.15) is 5.56 Å². The van der Waals surface area contributed by atoms with Gasteiger partial charge in [0.2, 0.25) is 5.88 Å². The quantitative estimate of drug-likeness (QED) is 0.742. The van der Waals surface area contributed by atoms with Crippen molar-refractivity contribution >= 4 is 31.9 Å². The van der Waals surface area contributed by atoms with Gasteiger partial charge in [0.25, 0.3) is 0 Å². The normalized spacial score (nSPS) is 10.3. The molecule has 88 valence electrons. The monoisotopic (exact) mass is 359 g/mol. The molecule has 2 nitrogen and oxygen atoms in total. The van der Waals surface area contributed by atoms with Gasteiger partial charge in [-0.25, -0.2) is 9.37 Å². The van der Waals surface area contributed by atoms with Gasteiger partial charge in [-0.05, 0) is 40.2 Å². The summed E-state index contributed by atoms with van der Waals surface area (Å²) in [5.41, 5.74) is 0.934. The first-order chi connectivity index (χ1) is 8.20. The molecule has 0 atom stereocenters. The van der Waals surface area contributed by atoms with E-state index in [1.165, 1.54) is 12.1 Å². The Morgan fingerprint density at radius 2 is 2.12 bits per heavy atom. The minimum atomic E-state index is -0.314. The number of aromatic nitrogens is 1. The lowest BCUT2D eigenvalue weighted by molar-refractivity contribution is 0.454. The Labute approximate surface area is 115 Å². The lowest BCUT2D eigenvalue weighted by Gasteiger charge is -2.09. The first-order valence-electron chi connectivity index (χ1n) is 4.83. The molecule has 0 radical (unpaired) electrons. The van der Waals surface area contributed by atoms with Crippen molar-refractivity contribution in [2.45, 2.75) is 5.33 Å². The molecule has 2 rings (SSSR count). The number of pyridine rings is 1. The lowest BCUT2D eigenvalue weighted by Crippen LogP contribution is -1.93. The molecule has 0 aliphatic rings. The smallest absolute Gasteiger partial charge is 0.223 e. The first kappa shape index (κ1) is 12.5. The molecule has 0 fully saturated rings. The molecule has 0 bridgehead atoms. The van der Waals surface area contributed by atoms with Crippen molar-refractivity contribution in [3.05, 3.63) is 52.4 Å². The average Bonchev–Trinajstić information content (AvgIpc) is 2.33. The number of benzene rings is 1. The SMILES string of the molecule is Fc1ccc(Oc2ncccc2CBr)c(Br)c1. The first-order valence-corrected chi connectivity index (χ1v) is 6.75. The zero-order valence-electron chi connectivity index (χ0n) is 8.66. The number of nitrogens with zero attached hydrogens (tertiary/aromatic N) is 1. The van der Waals surface area contributed by atoms with Gasteiger partial charge in [0.1, 0.15) is 11.6 Å². The fourth-order valence-electron chi connectivity index (χ4n) is 1.28. The van der Waals surface area contributed by atoms with Crippen molar-refractivity contribution in [2.75, 3.05) is 0 Å². The summed E-state index contributed by atoms with van der Waals surface area (Å²) >= 11 is 6.61. The van der Waals surface area contributed by atoms with Crippen molar-refractivity contribution < 1.29 is 9.13 Å². The Bertz CT molecular complexity index is 534. The van der Waals surface area contributed by atoms with Crippen LogP contribution in [0.25, 0.3) is 0 Å². The molecule has 0 aliphatic carbocycles. The highest BCUT2D eigenvalue weighted by Crippen LogP contribution is 2.31. The van der Waals surface area contributed by atoms with Crippen molar-refractivity contribution in [3.8, 4) is 11.6 Å². The molecule has 2 aromatic rings. The summed E-state index contributed by atoms with van der Waals surface area (Å²) in [5, 5.41) is 0.648. The second kappa shape index (κ2) is 5.60. The van der Waals surface area contributed by atoms with E-state index in [0.717, 1.165) is 5.56 Å². The molecular formula is C12H8Br2FNO. The van der Waals surface area contributed by atoms with Crippen LogP contribution in [0.3, 0.4) is 0 Å². The molecule has 0 saturated heterocycles. The summed E-state index contributed by atoms with van der Waals surface area (Å²) in [7, 11) is 0. The molecular weight excluding hydrogens is 353 g/mol. The third-order valence-electron chi connectivity index (χ3n) is 2.09. The van der Waals surface area contributed by atoms with Crippen molar-refractivity contribution in [1.29, 1.82) is 0 Å². The van der Waals surface area contributed by atoms with Crippen LogP contribution >= 0.6 is 31.9 Å². The van der Waals surface area contributed by atoms with Gasteiger partial charge in [-0.15, -0.1) is 0 Å². The number of alkyl halides is 1. The van der Waals surface area contributed by atoms with E-state index in [2.05, 4.69) is 36.8 Å². The maximum Gasteiger partial charge on any atom is 0.223 e. The summed E-state index contributed by atoms with van der Waals surface area (Å²) in [6, 6.07) is 8.01. The molecule has 17 heavy (non-hydrogen) atoms. The Kier molecular flexibility index (Phi) is 4.12. The Morgan fingerprint density at radius 3 is 2.82 bits per heavy atom. The van der Waals surface area contributed by atoms with Crippen molar-refractivity contribution in [2.24, 2.45) is 0 Å². The molecule has 0 amide bonds. The van der Waals surface area contributed by atoms with Crippen LogP contribution in [0, 0.1) is 5.82 Å². The number of hydrogen-bond acceptors (Lipinski definition) is 2. The van der Waals surface area contributed by atoms with E-state index in [0.29, 0.717) is 21.4 Å².